The first-order chi connectivity index (χ1) is 16.7. The minimum absolute atomic E-state index is 0.0438. The van der Waals surface area contributed by atoms with Gasteiger partial charge in [-0.2, -0.15) is 4.98 Å². The number of halogens is 1. The molecule has 9 heteroatoms. The predicted molar refractivity (Wildman–Crippen MR) is 132 cm³/mol. The van der Waals surface area contributed by atoms with Gasteiger partial charge in [0.2, 0.25) is 5.95 Å². The number of anilines is 2. The van der Waals surface area contributed by atoms with Crippen LogP contribution in [0.1, 0.15) is 52.0 Å². The highest BCUT2D eigenvalue weighted by Gasteiger charge is 2.28. The van der Waals surface area contributed by atoms with E-state index in [4.69, 9.17) is 14.2 Å². The van der Waals surface area contributed by atoms with Crippen LogP contribution < -0.4 is 14.5 Å². The van der Waals surface area contributed by atoms with Crippen LogP contribution in [-0.4, -0.2) is 67.0 Å². The number of carbonyl (C=O) groups is 1. The Bertz CT molecular complexity index is 1010. The third kappa shape index (κ3) is 6.81. The molecular formula is C26H35FN4O4. The molecule has 0 radical (unpaired) electrons. The van der Waals surface area contributed by atoms with Crippen LogP contribution in [0.2, 0.25) is 0 Å². The average Bonchev–Trinajstić information content (AvgIpc) is 3.27. The molecule has 190 valence electrons. The lowest BCUT2D eigenvalue weighted by Crippen LogP contribution is -2.37. The van der Waals surface area contributed by atoms with Crippen molar-refractivity contribution in [1.29, 1.82) is 0 Å². The maximum Gasteiger partial charge on any atom is 0.306 e. The molecule has 2 fully saturated rings. The number of carbonyl (C=O) groups excluding carboxylic acids is 1. The third-order valence-electron chi connectivity index (χ3n) is 6.10. The van der Waals surface area contributed by atoms with Crippen molar-refractivity contribution in [3.05, 3.63) is 41.8 Å². The Labute approximate surface area is 206 Å². The van der Waals surface area contributed by atoms with Crippen LogP contribution in [0.15, 0.2) is 30.5 Å². The molecule has 1 aromatic heterocycles. The lowest BCUT2D eigenvalue weighted by Gasteiger charge is -2.27. The van der Waals surface area contributed by atoms with E-state index in [1.165, 1.54) is 6.20 Å². The first-order valence-electron chi connectivity index (χ1n) is 12.3. The number of benzene rings is 1. The summed E-state index contributed by atoms with van der Waals surface area (Å²) in [7, 11) is 0. The zero-order chi connectivity index (χ0) is 25.0. The molecule has 0 unspecified atom stereocenters. The van der Waals surface area contributed by atoms with Crippen LogP contribution in [0.3, 0.4) is 0 Å². The summed E-state index contributed by atoms with van der Waals surface area (Å²) in [4.78, 5) is 24.8. The van der Waals surface area contributed by atoms with Gasteiger partial charge in [-0.15, -0.1) is 0 Å². The van der Waals surface area contributed by atoms with E-state index in [9.17, 15) is 9.18 Å². The summed E-state index contributed by atoms with van der Waals surface area (Å²) in [5, 5.41) is 0. The molecular weight excluding hydrogens is 451 g/mol. The highest BCUT2D eigenvalue weighted by atomic mass is 19.1. The molecule has 3 heterocycles. The van der Waals surface area contributed by atoms with Gasteiger partial charge in [0, 0.05) is 26.1 Å². The minimum Gasteiger partial charge on any atom is -0.489 e. The molecule has 0 spiro atoms. The number of aromatic nitrogens is 2. The largest absolute Gasteiger partial charge is 0.489 e. The number of morpholine rings is 1. The number of hydrogen-bond donors (Lipinski definition) is 0. The summed E-state index contributed by atoms with van der Waals surface area (Å²) in [6.45, 7) is 11.5. The van der Waals surface area contributed by atoms with Crippen molar-refractivity contribution in [2.75, 3.05) is 49.2 Å². The molecule has 2 saturated heterocycles. The van der Waals surface area contributed by atoms with Crippen molar-refractivity contribution in [3.63, 3.8) is 0 Å². The van der Waals surface area contributed by atoms with Crippen LogP contribution in [0.5, 0.6) is 5.75 Å². The second kappa shape index (κ2) is 10.8. The molecule has 0 bridgehead atoms. The summed E-state index contributed by atoms with van der Waals surface area (Å²) in [5.74, 6) is 1.02. The third-order valence-corrected chi connectivity index (χ3v) is 6.10. The highest BCUT2D eigenvalue weighted by Crippen LogP contribution is 2.28. The van der Waals surface area contributed by atoms with Gasteiger partial charge in [-0.3, -0.25) is 4.79 Å². The zero-order valence-electron chi connectivity index (χ0n) is 21.0. The van der Waals surface area contributed by atoms with E-state index in [0.717, 1.165) is 17.7 Å². The summed E-state index contributed by atoms with van der Waals surface area (Å²) >= 11 is 0. The Balaban J connectivity index is 1.32. The van der Waals surface area contributed by atoms with Gasteiger partial charge in [-0.25, -0.2) is 9.37 Å². The lowest BCUT2D eigenvalue weighted by molar-refractivity contribution is -0.155. The van der Waals surface area contributed by atoms with Crippen LogP contribution in [0.4, 0.5) is 16.2 Å². The van der Waals surface area contributed by atoms with E-state index in [2.05, 4.69) is 9.97 Å². The van der Waals surface area contributed by atoms with Gasteiger partial charge in [0.15, 0.2) is 11.6 Å². The van der Waals surface area contributed by atoms with Gasteiger partial charge in [-0.1, -0.05) is 19.1 Å². The molecule has 2 aliphatic heterocycles. The quantitative estimate of drug-likeness (QED) is 0.545. The maximum absolute atomic E-state index is 14.6. The maximum atomic E-state index is 14.6. The number of hydrogen-bond acceptors (Lipinski definition) is 8. The monoisotopic (exact) mass is 486 g/mol. The van der Waals surface area contributed by atoms with Crippen molar-refractivity contribution < 1.29 is 23.4 Å². The van der Waals surface area contributed by atoms with Gasteiger partial charge < -0.3 is 24.0 Å². The van der Waals surface area contributed by atoms with Crippen LogP contribution in [0.25, 0.3) is 0 Å². The van der Waals surface area contributed by atoms with Gasteiger partial charge in [0.05, 0.1) is 32.4 Å². The number of nitrogens with zero attached hydrogens (tertiary/aromatic N) is 4. The molecule has 0 N–H and O–H groups in total. The number of esters is 1. The van der Waals surface area contributed by atoms with Crippen LogP contribution in [-0.2, 0) is 14.3 Å². The number of ether oxygens (including phenoxy) is 3. The van der Waals surface area contributed by atoms with Crippen molar-refractivity contribution in [1.82, 2.24) is 9.97 Å². The van der Waals surface area contributed by atoms with Gasteiger partial charge >= 0.3 is 5.97 Å². The van der Waals surface area contributed by atoms with E-state index in [0.29, 0.717) is 57.6 Å². The zero-order valence-corrected chi connectivity index (χ0v) is 21.0. The van der Waals surface area contributed by atoms with Crippen molar-refractivity contribution in [2.24, 2.45) is 0 Å². The molecule has 35 heavy (non-hydrogen) atoms. The summed E-state index contributed by atoms with van der Waals surface area (Å²) in [5.41, 5.74) is 0.567. The Morgan fingerprint density at radius 1 is 1.17 bits per heavy atom. The molecule has 2 aromatic rings. The second-order valence-corrected chi connectivity index (χ2v) is 10.2. The van der Waals surface area contributed by atoms with E-state index in [1.807, 2.05) is 61.8 Å². The fourth-order valence-electron chi connectivity index (χ4n) is 4.32. The molecule has 2 atom stereocenters. The average molecular weight is 487 g/mol. The van der Waals surface area contributed by atoms with Gasteiger partial charge in [-0.05, 0) is 44.4 Å². The summed E-state index contributed by atoms with van der Waals surface area (Å²) in [6, 6.07) is 7.81. The molecule has 1 aromatic carbocycles. The molecule has 0 aliphatic carbocycles. The number of rotatable bonds is 7. The molecule has 0 saturated carbocycles. The standard InChI is InChI=1S/C26H35FN4O4/c1-18(15-23(32)35-26(2,3)4)19-5-7-20(8-6-19)34-21-9-10-31(17-21)24-22(27)16-28-25(29-24)30-11-13-33-14-12-30/h5-8,16,18,21H,9-15,17H2,1-4H3/t18-,21-/m1/s1. The molecule has 4 rings (SSSR count). The fourth-order valence-corrected chi connectivity index (χ4v) is 4.32. The van der Waals surface area contributed by atoms with E-state index in [1.54, 1.807) is 0 Å². The highest BCUT2D eigenvalue weighted by molar-refractivity contribution is 5.71. The Kier molecular flexibility index (Phi) is 7.74. The van der Waals surface area contributed by atoms with E-state index in [-0.39, 0.29) is 18.0 Å². The van der Waals surface area contributed by atoms with Gasteiger partial charge in [0.1, 0.15) is 17.5 Å². The molecule has 0 amide bonds. The Morgan fingerprint density at radius 2 is 1.89 bits per heavy atom. The Morgan fingerprint density at radius 3 is 2.57 bits per heavy atom. The molecule has 2 aliphatic rings. The lowest BCUT2D eigenvalue weighted by atomic mass is 9.98. The predicted octanol–water partition coefficient (Wildman–Crippen LogP) is 3.95. The second-order valence-electron chi connectivity index (χ2n) is 10.2. The van der Waals surface area contributed by atoms with E-state index >= 15 is 0 Å². The van der Waals surface area contributed by atoms with Gasteiger partial charge in [0.25, 0.3) is 0 Å². The van der Waals surface area contributed by atoms with Crippen molar-refractivity contribution in [2.45, 2.75) is 58.2 Å². The minimum atomic E-state index is -0.484. The first kappa shape index (κ1) is 25.2. The first-order valence-corrected chi connectivity index (χ1v) is 12.3. The summed E-state index contributed by atoms with van der Waals surface area (Å²) in [6.07, 6.45) is 2.28. The Hall–Kier alpha value is -2.94. The van der Waals surface area contributed by atoms with E-state index < -0.39 is 11.4 Å². The smallest absolute Gasteiger partial charge is 0.306 e. The molecule has 8 nitrogen and oxygen atoms in total. The summed E-state index contributed by atoms with van der Waals surface area (Å²) < 4.78 is 31.5. The van der Waals surface area contributed by atoms with Crippen molar-refractivity contribution in [3.8, 4) is 5.75 Å². The van der Waals surface area contributed by atoms with Crippen molar-refractivity contribution >= 4 is 17.7 Å². The SMILES string of the molecule is C[C@H](CC(=O)OC(C)(C)C)c1ccc(O[C@@H]2CCN(c3nc(N4CCOCC4)ncc3F)C2)cc1. The normalized spacial score (nSPS) is 19.5. The van der Waals surface area contributed by atoms with Crippen LogP contribution in [0, 0.1) is 5.82 Å². The fraction of sp³-hybridized carbons (Fsp3) is 0.577. The van der Waals surface area contributed by atoms with Crippen LogP contribution >= 0.6 is 0 Å². The topological polar surface area (TPSA) is 77.0 Å².